The smallest absolute Gasteiger partial charge is 0.266 e. The largest absolute Gasteiger partial charge is 0.493 e. The van der Waals surface area contributed by atoms with Crippen LogP contribution in [-0.2, 0) is 11.4 Å². The number of anilines is 1. The highest BCUT2D eigenvalue weighted by molar-refractivity contribution is 6.32. The van der Waals surface area contributed by atoms with E-state index in [2.05, 4.69) is 11.9 Å². The van der Waals surface area contributed by atoms with Crippen molar-refractivity contribution < 1.29 is 19.0 Å². The Morgan fingerprint density at radius 2 is 1.83 bits per heavy atom. The van der Waals surface area contributed by atoms with Gasteiger partial charge >= 0.3 is 0 Å². The zero-order chi connectivity index (χ0) is 25.2. The van der Waals surface area contributed by atoms with E-state index in [9.17, 15) is 10.1 Å². The number of amides is 1. The molecule has 3 aromatic carbocycles. The van der Waals surface area contributed by atoms with Crippen molar-refractivity contribution in [3.05, 3.63) is 100 Å². The van der Waals surface area contributed by atoms with Gasteiger partial charge in [0.25, 0.3) is 5.91 Å². The summed E-state index contributed by atoms with van der Waals surface area (Å²) in [6.45, 7) is 4.17. The van der Waals surface area contributed by atoms with Gasteiger partial charge in [0.1, 0.15) is 30.6 Å². The molecule has 0 aliphatic carbocycles. The third-order valence-corrected chi connectivity index (χ3v) is 5.39. The molecular formula is C27H22Cl2N2O4. The first kappa shape index (κ1) is 25.7. The van der Waals surface area contributed by atoms with Crippen molar-refractivity contribution in [3.8, 4) is 23.3 Å². The molecule has 0 bridgehead atoms. The molecule has 3 rings (SSSR count). The average molecular weight is 509 g/mol. The zero-order valence-electron chi connectivity index (χ0n) is 18.9. The van der Waals surface area contributed by atoms with Gasteiger partial charge < -0.3 is 19.5 Å². The van der Waals surface area contributed by atoms with Crippen LogP contribution in [0.5, 0.6) is 17.2 Å². The third-order valence-electron chi connectivity index (χ3n) is 4.74. The summed E-state index contributed by atoms with van der Waals surface area (Å²) in [6.07, 6.45) is 3.00. The van der Waals surface area contributed by atoms with E-state index in [4.69, 9.17) is 37.4 Å². The number of nitriles is 1. The summed E-state index contributed by atoms with van der Waals surface area (Å²) in [5.74, 6) is 0.764. The molecule has 1 amide bonds. The number of carbonyl (C=O) groups excluding carboxylic acids is 1. The van der Waals surface area contributed by atoms with E-state index in [1.165, 1.54) is 13.2 Å². The minimum Gasteiger partial charge on any atom is -0.493 e. The SMILES string of the molecule is C=CCOc1c(Cl)cc(/C=C(\C#N)C(=O)Nc2ccc(OCc3ccccc3Cl)cc2)cc1OC. The number of ether oxygens (including phenoxy) is 3. The van der Waals surface area contributed by atoms with E-state index in [1.807, 2.05) is 24.3 Å². The molecule has 0 unspecified atom stereocenters. The summed E-state index contributed by atoms with van der Waals surface area (Å²) < 4.78 is 16.6. The van der Waals surface area contributed by atoms with Gasteiger partial charge in [-0.05, 0) is 54.1 Å². The minimum absolute atomic E-state index is 0.109. The number of benzene rings is 3. The van der Waals surface area contributed by atoms with Gasteiger partial charge in [0, 0.05) is 16.3 Å². The maximum Gasteiger partial charge on any atom is 0.266 e. The molecule has 1 N–H and O–H groups in total. The normalized spacial score (nSPS) is 10.7. The highest BCUT2D eigenvalue weighted by Crippen LogP contribution is 2.37. The Hall–Kier alpha value is -3.92. The van der Waals surface area contributed by atoms with Crippen molar-refractivity contribution in [3.63, 3.8) is 0 Å². The van der Waals surface area contributed by atoms with Gasteiger partial charge in [-0.3, -0.25) is 4.79 Å². The summed E-state index contributed by atoms with van der Waals surface area (Å²) in [6, 6.07) is 19.3. The van der Waals surface area contributed by atoms with E-state index in [1.54, 1.807) is 48.5 Å². The summed E-state index contributed by atoms with van der Waals surface area (Å²) in [4.78, 5) is 12.7. The monoisotopic (exact) mass is 508 g/mol. The lowest BCUT2D eigenvalue weighted by Gasteiger charge is -2.12. The Morgan fingerprint density at radius 3 is 2.49 bits per heavy atom. The van der Waals surface area contributed by atoms with Crippen LogP contribution in [0.1, 0.15) is 11.1 Å². The fraction of sp³-hybridized carbons (Fsp3) is 0.111. The highest BCUT2D eigenvalue weighted by Gasteiger charge is 2.14. The molecule has 0 saturated heterocycles. The molecular weight excluding hydrogens is 487 g/mol. The molecule has 0 heterocycles. The molecule has 0 spiro atoms. The van der Waals surface area contributed by atoms with Gasteiger partial charge in [-0.2, -0.15) is 5.26 Å². The lowest BCUT2D eigenvalue weighted by molar-refractivity contribution is -0.112. The number of rotatable bonds is 10. The van der Waals surface area contributed by atoms with Crippen LogP contribution < -0.4 is 19.5 Å². The van der Waals surface area contributed by atoms with E-state index in [0.717, 1.165) is 5.56 Å². The van der Waals surface area contributed by atoms with Crippen molar-refractivity contribution >= 4 is 40.9 Å². The lowest BCUT2D eigenvalue weighted by atomic mass is 10.1. The second kappa shape index (κ2) is 12.5. The molecule has 6 nitrogen and oxygen atoms in total. The van der Waals surface area contributed by atoms with Crippen molar-refractivity contribution in [1.82, 2.24) is 0 Å². The Bertz CT molecular complexity index is 1280. The lowest BCUT2D eigenvalue weighted by Crippen LogP contribution is -2.13. The Kier molecular flexibility index (Phi) is 9.19. The molecule has 8 heteroatoms. The highest BCUT2D eigenvalue weighted by atomic mass is 35.5. The summed E-state index contributed by atoms with van der Waals surface area (Å²) in [7, 11) is 1.47. The molecule has 0 fully saturated rings. The molecule has 0 aromatic heterocycles. The zero-order valence-corrected chi connectivity index (χ0v) is 20.4. The minimum atomic E-state index is -0.570. The number of hydrogen-bond donors (Lipinski definition) is 1. The maximum absolute atomic E-state index is 12.7. The van der Waals surface area contributed by atoms with Crippen molar-refractivity contribution in [2.75, 3.05) is 19.0 Å². The fourth-order valence-corrected chi connectivity index (χ4v) is 3.49. The van der Waals surface area contributed by atoms with Crippen molar-refractivity contribution in [1.29, 1.82) is 5.26 Å². The van der Waals surface area contributed by atoms with Crippen LogP contribution in [-0.4, -0.2) is 19.6 Å². The quantitative estimate of drug-likeness (QED) is 0.187. The van der Waals surface area contributed by atoms with Crippen LogP contribution in [0.4, 0.5) is 5.69 Å². The van der Waals surface area contributed by atoms with Crippen LogP contribution in [0.3, 0.4) is 0 Å². The molecule has 0 aliphatic heterocycles. The number of halogens is 2. The van der Waals surface area contributed by atoms with E-state index in [-0.39, 0.29) is 17.2 Å². The van der Waals surface area contributed by atoms with Crippen molar-refractivity contribution in [2.45, 2.75) is 6.61 Å². The van der Waals surface area contributed by atoms with E-state index < -0.39 is 5.91 Å². The third kappa shape index (κ3) is 7.03. The molecule has 35 heavy (non-hydrogen) atoms. The maximum atomic E-state index is 12.7. The second-order valence-corrected chi connectivity index (χ2v) is 7.98. The number of nitrogens with one attached hydrogen (secondary N) is 1. The van der Waals surface area contributed by atoms with Crippen molar-refractivity contribution in [2.24, 2.45) is 0 Å². The van der Waals surface area contributed by atoms with Crippen LogP contribution in [0.2, 0.25) is 10.0 Å². The molecule has 0 aliphatic rings. The number of methoxy groups -OCH3 is 1. The van der Waals surface area contributed by atoms with Gasteiger partial charge in [-0.25, -0.2) is 0 Å². The van der Waals surface area contributed by atoms with Crippen LogP contribution in [0, 0.1) is 11.3 Å². The molecule has 0 saturated carbocycles. The predicted octanol–water partition coefficient (Wildman–Crippen LogP) is 6.69. The van der Waals surface area contributed by atoms with Crippen LogP contribution in [0.25, 0.3) is 6.08 Å². The fourth-order valence-electron chi connectivity index (χ4n) is 3.03. The first-order valence-electron chi connectivity index (χ1n) is 10.5. The molecule has 3 aromatic rings. The summed E-state index contributed by atoms with van der Waals surface area (Å²) >= 11 is 12.4. The number of carbonyl (C=O) groups is 1. The summed E-state index contributed by atoms with van der Waals surface area (Å²) in [5, 5.41) is 13.1. The topological polar surface area (TPSA) is 80.6 Å². The van der Waals surface area contributed by atoms with Crippen LogP contribution in [0.15, 0.2) is 78.9 Å². The number of hydrogen-bond acceptors (Lipinski definition) is 5. The van der Waals surface area contributed by atoms with Gasteiger partial charge in [0.15, 0.2) is 11.5 Å². The standard InChI is InChI=1S/C27H22Cl2N2O4/c1-3-12-34-26-24(29)14-18(15-25(26)33-2)13-20(16-30)27(32)31-21-8-10-22(11-9-21)35-17-19-6-4-5-7-23(19)28/h3-11,13-15H,1,12,17H2,2H3,(H,31,32)/b20-13+. The Labute approximate surface area is 214 Å². The average Bonchev–Trinajstić information content (AvgIpc) is 2.86. The van der Waals surface area contributed by atoms with E-state index >= 15 is 0 Å². The molecule has 178 valence electrons. The first-order chi connectivity index (χ1) is 16.9. The Balaban J connectivity index is 1.69. The molecule has 0 radical (unpaired) electrons. The summed E-state index contributed by atoms with van der Waals surface area (Å²) in [5.41, 5.74) is 1.77. The first-order valence-corrected chi connectivity index (χ1v) is 11.2. The van der Waals surface area contributed by atoms with E-state index in [0.29, 0.717) is 40.1 Å². The van der Waals surface area contributed by atoms with Gasteiger partial charge in [-0.15, -0.1) is 0 Å². The van der Waals surface area contributed by atoms with Gasteiger partial charge in [-0.1, -0.05) is 54.1 Å². The van der Waals surface area contributed by atoms with Gasteiger partial charge in [0.2, 0.25) is 0 Å². The number of nitrogens with zero attached hydrogens (tertiary/aromatic N) is 1. The Morgan fingerprint density at radius 1 is 1.09 bits per heavy atom. The molecule has 0 atom stereocenters. The predicted molar refractivity (Wildman–Crippen MR) is 138 cm³/mol. The second-order valence-electron chi connectivity index (χ2n) is 7.16. The van der Waals surface area contributed by atoms with Crippen LogP contribution >= 0.6 is 23.2 Å². The van der Waals surface area contributed by atoms with Gasteiger partial charge in [0.05, 0.1) is 12.1 Å².